The first-order chi connectivity index (χ1) is 12.5. The molecule has 136 valence electrons. The number of amides is 1. The number of nitrogens with zero attached hydrogens (tertiary/aromatic N) is 1. The number of carbonyl (C=O) groups excluding carboxylic acids is 1. The normalized spacial score (nSPS) is 10.9. The second-order valence-corrected chi connectivity index (χ2v) is 7.54. The first kappa shape index (κ1) is 18.4. The fraction of sp³-hybridized carbons (Fsp3) is 0.333. The van der Waals surface area contributed by atoms with Crippen LogP contribution >= 0.6 is 11.3 Å². The van der Waals surface area contributed by atoms with Gasteiger partial charge in [-0.3, -0.25) is 10.1 Å². The van der Waals surface area contributed by atoms with Crippen molar-refractivity contribution in [3.05, 3.63) is 53.1 Å². The molecule has 4 nitrogen and oxygen atoms in total. The monoisotopic (exact) mass is 368 g/mol. The van der Waals surface area contributed by atoms with Crippen LogP contribution in [0, 0.1) is 13.8 Å². The van der Waals surface area contributed by atoms with Gasteiger partial charge >= 0.3 is 0 Å². The first-order valence-electron chi connectivity index (χ1n) is 8.94. The number of ether oxygens (including phenoxy) is 1. The van der Waals surface area contributed by atoms with Crippen molar-refractivity contribution in [2.45, 2.75) is 40.0 Å². The lowest BCUT2D eigenvalue weighted by Crippen LogP contribution is -2.20. The Balaban J connectivity index is 1.60. The Kier molecular flexibility index (Phi) is 5.89. The highest BCUT2D eigenvalue weighted by Crippen LogP contribution is 2.27. The number of nitrogens with one attached hydrogen (secondary N) is 1. The molecule has 1 amide bonds. The Morgan fingerprint density at radius 3 is 2.77 bits per heavy atom. The zero-order valence-corrected chi connectivity index (χ0v) is 16.3. The van der Waals surface area contributed by atoms with E-state index in [9.17, 15) is 4.79 Å². The third-order valence-electron chi connectivity index (χ3n) is 4.37. The van der Waals surface area contributed by atoms with Gasteiger partial charge in [0.05, 0.1) is 10.2 Å². The summed E-state index contributed by atoms with van der Waals surface area (Å²) in [6, 6.07) is 12.1. The van der Waals surface area contributed by atoms with Gasteiger partial charge in [0.15, 0.2) is 11.7 Å². The Labute approximate surface area is 158 Å². The zero-order valence-electron chi connectivity index (χ0n) is 15.5. The standard InChI is InChI=1S/C21H24N2O2S/c1-4-5-6-16-8-10-18-19(12-16)26-21(22-18)23-20(24)13-25-17-9-7-14(2)15(3)11-17/h7-12H,4-6,13H2,1-3H3,(H,22,23,24). The highest BCUT2D eigenvalue weighted by Gasteiger charge is 2.09. The van der Waals surface area contributed by atoms with E-state index >= 15 is 0 Å². The van der Waals surface area contributed by atoms with Crippen LogP contribution in [0.25, 0.3) is 10.2 Å². The number of aromatic nitrogens is 1. The molecule has 0 saturated carbocycles. The quantitative estimate of drug-likeness (QED) is 0.618. The van der Waals surface area contributed by atoms with Crippen molar-refractivity contribution in [1.29, 1.82) is 0 Å². The average molecular weight is 369 g/mol. The van der Waals surface area contributed by atoms with Gasteiger partial charge in [0, 0.05) is 0 Å². The van der Waals surface area contributed by atoms with Crippen LogP contribution in [-0.2, 0) is 11.2 Å². The minimum Gasteiger partial charge on any atom is -0.484 e. The molecular formula is C21H24N2O2S. The van der Waals surface area contributed by atoms with Crippen molar-refractivity contribution >= 4 is 32.6 Å². The number of hydrogen-bond donors (Lipinski definition) is 1. The van der Waals surface area contributed by atoms with Crippen LogP contribution in [0.5, 0.6) is 5.75 Å². The summed E-state index contributed by atoms with van der Waals surface area (Å²) >= 11 is 1.50. The van der Waals surface area contributed by atoms with Gasteiger partial charge in [-0.2, -0.15) is 0 Å². The number of hydrogen-bond acceptors (Lipinski definition) is 4. The highest BCUT2D eigenvalue weighted by molar-refractivity contribution is 7.22. The SMILES string of the molecule is CCCCc1ccc2nc(NC(=O)COc3ccc(C)c(C)c3)sc2c1. The third kappa shape index (κ3) is 4.61. The van der Waals surface area contributed by atoms with E-state index in [-0.39, 0.29) is 12.5 Å². The van der Waals surface area contributed by atoms with E-state index in [0.717, 1.165) is 22.2 Å². The lowest BCUT2D eigenvalue weighted by molar-refractivity contribution is -0.118. The summed E-state index contributed by atoms with van der Waals surface area (Å²) < 4.78 is 6.68. The minimum atomic E-state index is -0.200. The molecule has 3 rings (SSSR count). The summed E-state index contributed by atoms with van der Waals surface area (Å²) in [5, 5.41) is 3.45. The second-order valence-electron chi connectivity index (χ2n) is 6.51. The molecule has 1 heterocycles. The van der Waals surface area contributed by atoms with Crippen LogP contribution in [0.2, 0.25) is 0 Å². The van der Waals surface area contributed by atoms with Crippen molar-refractivity contribution in [2.24, 2.45) is 0 Å². The molecule has 26 heavy (non-hydrogen) atoms. The average Bonchev–Trinajstić information content (AvgIpc) is 3.02. The number of benzene rings is 2. The molecule has 0 saturated heterocycles. The Hall–Kier alpha value is -2.40. The molecular weight excluding hydrogens is 344 g/mol. The molecule has 3 aromatic rings. The van der Waals surface area contributed by atoms with E-state index in [2.05, 4.69) is 29.4 Å². The van der Waals surface area contributed by atoms with Crippen molar-refractivity contribution < 1.29 is 9.53 Å². The summed E-state index contributed by atoms with van der Waals surface area (Å²) in [5.74, 6) is 0.501. The predicted octanol–water partition coefficient (Wildman–Crippen LogP) is 5.27. The summed E-state index contributed by atoms with van der Waals surface area (Å²) in [5.41, 5.74) is 4.59. The number of rotatable bonds is 7. The summed E-state index contributed by atoms with van der Waals surface area (Å²) in [6.07, 6.45) is 3.45. The molecule has 0 unspecified atom stereocenters. The number of aryl methyl sites for hydroxylation is 3. The Morgan fingerprint density at radius 1 is 1.15 bits per heavy atom. The van der Waals surface area contributed by atoms with Gasteiger partial charge < -0.3 is 4.74 Å². The van der Waals surface area contributed by atoms with Gasteiger partial charge in [-0.25, -0.2) is 4.98 Å². The van der Waals surface area contributed by atoms with Crippen LogP contribution in [0.1, 0.15) is 36.5 Å². The summed E-state index contributed by atoms with van der Waals surface area (Å²) in [6.45, 7) is 6.24. The van der Waals surface area contributed by atoms with E-state index in [0.29, 0.717) is 10.9 Å². The van der Waals surface area contributed by atoms with Gasteiger partial charge in [0.2, 0.25) is 0 Å². The molecule has 0 atom stereocenters. The van der Waals surface area contributed by atoms with Crippen molar-refractivity contribution in [2.75, 3.05) is 11.9 Å². The molecule has 1 aromatic heterocycles. The van der Waals surface area contributed by atoms with Crippen molar-refractivity contribution in [3.63, 3.8) is 0 Å². The van der Waals surface area contributed by atoms with Crippen LogP contribution in [0.15, 0.2) is 36.4 Å². The van der Waals surface area contributed by atoms with Gasteiger partial charge in [0.25, 0.3) is 5.91 Å². The molecule has 5 heteroatoms. The molecule has 0 spiro atoms. The molecule has 0 aliphatic heterocycles. The minimum absolute atomic E-state index is 0.0276. The highest BCUT2D eigenvalue weighted by atomic mass is 32.1. The summed E-state index contributed by atoms with van der Waals surface area (Å²) in [7, 11) is 0. The molecule has 0 bridgehead atoms. The number of anilines is 1. The van der Waals surface area contributed by atoms with E-state index in [1.54, 1.807) is 0 Å². The van der Waals surface area contributed by atoms with Crippen molar-refractivity contribution in [3.8, 4) is 5.75 Å². The number of carbonyl (C=O) groups is 1. The fourth-order valence-electron chi connectivity index (χ4n) is 2.67. The van der Waals surface area contributed by atoms with Gasteiger partial charge in [-0.1, -0.05) is 36.8 Å². The second kappa shape index (κ2) is 8.32. The maximum atomic E-state index is 12.2. The molecule has 0 aliphatic rings. The van der Waals surface area contributed by atoms with Crippen LogP contribution < -0.4 is 10.1 Å². The number of fused-ring (bicyclic) bond motifs is 1. The molecule has 0 fully saturated rings. The van der Waals surface area contributed by atoms with E-state index < -0.39 is 0 Å². The molecule has 0 aliphatic carbocycles. The molecule has 0 radical (unpaired) electrons. The van der Waals surface area contributed by atoms with Gasteiger partial charge in [0.1, 0.15) is 5.75 Å². The zero-order chi connectivity index (χ0) is 18.5. The predicted molar refractivity (Wildman–Crippen MR) is 108 cm³/mol. The third-order valence-corrected chi connectivity index (χ3v) is 5.30. The maximum absolute atomic E-state index is 12.2. The molecule has 1 N–H and O–H groups in total. The molecule has 2 aromatic carbocycles. The smallest absolute Gasteiger partial charge is 0.264 e. The Morgan fingerprint density at radius 2 is 2.00 bits per heavy atom. The van der Waals surface area contributed by atoms with E-state index in [4.69, 9.17) is 4.74 Å². The van der Waals surface area contributed by atoms with E-state index in [1.807, 2.05) is 38.1 Å². The topological polar surface area (TPSA) is 51.2 Å². The number of unbranched alkanes of at least 4 members (excludes halogenated alkanes) is 1. The largest absolute Gasteiger partial charge is 0.484 e. The lowest BCUT2D eigenvalue weighted by Gasteiger charge is -2.07. The van der Waals surface area contributed by atoms with Gasteiger partial charge in [-0.05, 0) is 67.6 Å². The lowest BCUT2D eigenvalue weighted by atomic mass is 10.1. The number of thiazole rings is 1. The maximum Gasteiger partial charge on any atom is 0.264 e. The first-order valence-corrected chi connectivity index (χ1v) is 9.76. The fourth-order valence-corrected chi connectivity index (χ4v) is 3.61. The summed E-state index contributed by atoms with van der Waals surface area (Å²) in [4.78, 5) is 16.6. The van der Waals surface area contributed by atoms with E-state index in [1.165, 1.54) is 35.3 Å². The van der Waals surface area contributed by atoms with Crippen LogP contribution in [0.4, 0.5) is 5.13 Å². The van der Waals surface area contributed by atoms with Crippen LogP contribution in [0.3, 0.4) is 0 Å². The van der Waals surface area contributed by atoms with Crippen molar-refractivity contribution in [1.82, 2.24) is 4.98 Å². The van der Waals surface area contributed by atoms with Crippen LogP contribution in [-0.4, -0.2) is 17.5 Å². The van der Waals surface area contributed by atoms with Gasteiger partial charge in [-0.15, -0.1) is 0 Å². The Bertz CT molecular complexity index is 918.